The van der Waals surface area contributed by atoms with Crippen LogP contribution in [-0.4, -0.2) is 11.3 Å². The van der Waals surface area contributed by atoms with Crippen LogP contribution in [0.4, 0.5) is 5.69 Å². The van der Waals surface area contributed by atoms with Crippen LogP contribution in [0.5, 0.6) is 5.75 Å². The van der Waals surface area contributed by atoms with Crippen LogP contribution in [-0.2, 0) is 6.54 Å². The Morgan fingerprint density at radius 1 is 1.25 bits per heavy atom. The zero-order valence-electron chi connectivity index (χ0n) is 12.8. The highest BCUT2D eigenvalue weighted by Gasteiger charge is 2.09. The highest BCUT2D eigenvalue weighted by molar-refractivity contribution is 5.54. The van der Waals surface area contributed by atoms with Crippen LogP contribution < -0.4 is 10.1 Å². The number of hydrogen-bond donors (Lipinski definition) is 1. The fourth-order valence-corrected chi connectivity index (χ4v) is 2.12. The van der Waals surface area contributed by atoms with Gasteiger partial charge in [0, 0.05) is 17.8 Å². The van der Waals surface area contributed by atoms with E-state index in [2.05, 4.69) is 23.5 Å². The monoisotopic (exact) mass is 274 g/mol. The number of benzene rings is 1. The van der Waals surface area contributed by atoms with E-state index in [1.807, 2.05) is 39.8 Å². The first-order valence-electron chi connectivity index (χ1n) is 6.90. The second kappa shape index (κ2) is 5.99. The summed E-state index contributed by atoms with van der Waals surface area (Å²) in [6, 6.07) is 6.09. The van der Waals surface area contributed by atoms with Crippen LogP contribution in [0, 0.1) is 20.8 Å². The normalized spacial score (nSPS) is 10.9. The maximum atomic E-state index is 5.69. The van der Waals surface area contributed by atoms with Crippen LogP contribution in [0.1, 0.15) is 36.4 Å². The number of ether oxygens (including phenoxy) is 1. The van der Waals surface area contributed by atoms with Gasteiger partial charge in [-0.05, 0) is 58.4 Å². The lowest BCUT2D eigenvalue weighted by molar-refractivity contribution is 0.242. The molecule has 1 aromatic heterocycles. The third-order valence-electron chi connectivity index (χ3n) is 3.21. The van der Waals surface area contributed by atoms with Crippen LogP contribution in [0.3, 0.4) is 0 Å². The molecule has 0 bridgehead atoms. The third-order valence-corrected chi connectivity index (χ3v) is 3.21. The second-order valence-corrected chi connectivity index (χ2v) is 5.30. The van der Waals surface area contributed by atoms with Gasteiger partial charge in [-0.3, -0.25) is 0 Å². The van der Waals surface area contributed by atoms with Gasteiger partial charge in [0.1, 0.15) is 11.5 Å². The van der Waals surface area contributed by atoms with E-state index in [4.69, 9.17) is 9.26 Å². The van der Waals surface area contributed by atoms with Crippen molar-refractivity contribution in [2.24, 2.45) is 0 Å². The molecule has 2 rings (SSSR count). The molecule has 4 heteroatoms. The molecule has 108 valence electrons. The summed E-state index contributed by atoms with van der Waals surface area (Å²) in [6.07, 6.45) is 0.190. The quantitative estimate of drug-likeness (QED) is 0.895. The molecule has 0 atom stereocenters. The zero-order valence-corrected chi connectivity index (χ0v) is 12.8. The molecule has 1 heterocycles. The van der Waals surface area contributed by atoms with Crippen molar-refractivity contribution < 1.29 is 9.26 Å². The van der Waals surface area contributed by atoms with Crippen molar-refractivity contribution in [2.75, 3.05) is 5.32 Å². The Bertz CT molecular complexity index is 569. The molecule has 0 fully saturated rings. The van der Waals surface area contributed by atoms with Crippen molar-refractivity contribution in [2.45, 2.75) is 47.3 Å². The Kier molecular flexibility index (Phi) is 4.32. The summed E-state index contributed by atoms with van der Waals surface area (Å²) in [6.45, 7) is 10.7. The molecule has 0 aliphatic carbocycles. The minimum absolute atomic E-state index is 0.190. The molecule has 4 nitrogen and oxygen atoms in total. The fraction of sp³-hybridized carbons (Fsp3) is 0.438. The van der Waals surface area contributed by atoms with E-state index < -0.39 is 0 Å². The van der Waals surface area contributed by atoms with Crippen LogP contribution >= 0.6 is 0 Å². The minimum Gasteiger partial charge on any atom is -0.491 e. The van der Waals surface area contributed by atoms with Crippen molar-refractivity contribution in [1.82, 2.24) is 5.16 Å². The number of aryl methyl sites for hydroxylation is 3. The molecule has 0 amide bonds. The van der Waals surface area contributed by atoms with Crippen molar-refractivity contribution in [3.05, 3.63) is 40.8 Å². The van der Waals surface area contributed by atoms with Crippen molar-refractivity contribution in [3.8, 4) is 5.75 Å². The topological polar surface area (TPSA) is 47.3 Å². The SMILES string of the molecule is Cc1cc(OC(C)C)ccc1NCc1c(C)noc1C. The van der Waals surface area contributed by atoms with Gasteiger partial charge in [-0.25, -0.2) is 0 Å². The summed E-state index contributed by atoms with van der Waals surface area (Å²) in [5.41, 5.74) is 4.32. The summed E-state index contributed by atoms with van der Waals surface area (Å²) in [5.74, 6) is 1.77. The highest BCUT2D eigenvalue weighted by atomic mass is 16.5. The molecule has 1 aromatic carbocycles. The number of nitrogens with one attached hydrogen (secondary N) is 1. The summed E-state index contributed by atoms with van der Waals surface area (Å²) >= 11 is 0. The van der Waals surface area contributed by atoms with Gasteiger partial charge in [0.2, 0.25) is 0 Å². The van der Waals surface area contributed by atoms with E-state index in [1.165, 1.54) is 0 Å². The minimum atomic E-state index is 0.190. The molecule has 0 spiro atoms. The standard InChI is InChI=1S/C16H22N2O2/c1-10(2)19-14-6-7-16(11(3)8-14)17-9-15-12(4)18-20-13(15)5/h6-8,10,17H,9H2,1-5H3. The Morgan fingerprint density at radius 2 is 2.00 bits per heavy atom. The van der Waals surface area contributed by atoms with Gasteiger partial charge in [-0.2, -0.15) is 0 Å². The van der Waals surface area contributed by atoms with E-state index in [0.717, 1.165) is 34.0 Å². The lowest BCUT2D eigenvalue weighted by Crippen LogP contribution is -2.06. The van der Waals surface area contributed by atoms with Gasteiger partial charge in [0.15, 0.2) is 0 Å². The molecule has 20 heavy (non-hydrogen) atoms. The van der Waals surface area contributed by atoms with Crippen molar-refractivity contribution in [3.63, 3.8) is 0 Å². The van der Waals surface area contributed by atoms with Gasteiger partial charge in [-0.15, -0.1) is 0 Å². The average Bonchev–Trinajstić information content (AvgIpc) is 2.68. The molecule has 2 aromatic rings. The fourth-order valence-electron chi connectivity index (χ4n) is 2.12. The average molecular weight is 274 g/mol. The number of rotatable bonds is 5. The van der Waals surface area contributed by atoms with Crippen LogP contribution in [0.2, 0.25) is 0 Å². The first kappa shape index (κ1) is 14.4. The summed E-state index contributed by atoms with van der Waals surface area (Å²) < 4.78 is 10.9. The summed E-state index contributed by atoms with van der Waals surface area (Å²) in [5, 5.41) is 7.38. The van der Waals surface area contributed by atoms with Gasteiger partial charge < -0.3 is 14.6 Å². The lowest BCUT2D eigenvalue weighted by Gasteiger charge is -2.13. The molecular formula is C16H22N2O2. The molecule has 0 unspecified atom stereocenters. The Balaban J connectivity index is 2.07. The molecule has 0 aliphatic heterocycles. The first-order valence-corrected chi connectivity index (χ1v) is 6.90. The van der Waals surface area contributed by atoms with E-state index in [0.29, 0.717) is 6.54 Å². The zero-order chi connectivity index (χ0) is 14.7. The number of hydrogen-bond acceptors (Lipinski definition) is 4. The number of aromatic nitrogens is 1. The highest BCUT2D eigenvalue weighted by Crippen LogP contribution is 2.23. The van der Waals surface area contributed by atoms with E-state index in [9.17, 15) is 0 Å². The van der Waals surface area contributed by atoms with Gasteiger partial charge in [0.05, 0.1) is 11.8 Å². The molecule has 1 N–H and O–H groups in total. The maximum Gasteiger partial charge on any atom is 0.138 e. The summed E-state index contributed by atoms with van der Waals surface area (Å²) in [7, 11) is 0. The molecular weight excluding hydrogens is 252 g/mol. The largest absolute Gasteiger partial charge is 0.491 e. The van der Waals surface area contributed by atoms with E-state index in [1.54, 1.807) is 0 Å². The van der Waals surface area contributed by atoms with Crippen LogP contribution in [0.15, 0.2) is 22.7 Å². The first-order chi connectivity index (χ1) is 9.47. The maximum absolute atomic E-state index is 5.69. The Labute approximate surface area is 120 Å². The molecule has 0 saturated carbocycles. The predicted molar refractivity (Wildman–Crippen MR) is 80.2 cm³/mol. The predicted octanol–water partition coefficient (Wildman–Crippen LogP) is 4.00. The number of anilines is 1. The van der Waals surface area contributed by atoms with Crippen molar-refractivity contribution in [1.29, 1.82) is 0 Å². The number of nitrogens with zero attached hydrogens (tertiary/aromatic N) is 1. The second-order valence-electron chi connectivity index (χ2n) is 5.30. The smallest absolute Gasteiger partial charge is 0.138 e. The lowest BCUT2D eigenvalue weighted by atomic mass is 10.1. The molecule has 0 radical (unpaired) electrons. The van der Waals surface area contributed by atoms with E-state index >= 15 is 0 Å². The summed E-state index contributed by atoms with van der Waals surface area (Å²) in [4.78, 5) is 0. The van der Waals surface area contributed by atoms with E-state index in [-0.39, 0.29) is 6.10 Å². The van der Waals surface area contributed by atoms with Gasteiger partial charge in [0.25, 0.3) is 0 Å². The van der Waals surface area contributed by atoms with Gasteiger partial charge in [-0.1, -0.05) is 5.16 Å². The Hall–Kier alpha value is -1.97. The van der Waals surface area contributed by atoms with Crippen molar-refractivity contribution >= 4 is 5.69 Å². The van der Waals surface area contributed by atoms with Gasteiger partial charge >= 0.3 is 0 Å². The molecule has 0 aliphatic rings. The molecule has 0 saturated heterocycles. The van der Waals surface area contributed by atoms with Crippen LogP contribution in [0.25, 0.3) is 0 Å². The third kappa shape index (κ3) is 3.32. The Morgan fingerprint density at radius 3 is 2.55 bits per heavy atom.